The Labute approximate surface area is 105 Å². The molecule has 2 rings (SSSR count). The van der Waals surface area contributed by atoms with Crippen LogP contribution in [0.1, 0.15) is 5.56 Å². The summed E-state index contributed by atoms with van der Waals surface area (Å²) in [7, 11) is 1.69. The molecule has 0 atom stereocenters. The maximum atomic E-state index is 5.93. The van der Waals surface area contributed by atoms with E-state index < -0.39 is 0 Å². The van der Waals surface area contributed by atoms with Gasteiger partial charge in [0.05, 0.1) is 15.9 Å². The van der Waals surface area contributed by atoms with E-state index in [1.54, 1.807) is 18.4 Å². The summed E-state index contributed by atoms with van der Waals surface area (Å²) in [4.78, 5) is 0. The summed E-state index contributed by atoms with van der Waals surface area (Å²) in [5.41, 5.74) is 1.18. The molecule has 0 fully saturated rings. The Morgan fingerprint density at radius 1 is 1.50 bits per heavy atom. The zero-order valence-corrected chi connectivity index (χ0v) is 11.2. The molecule has 2 aromatic rings. The van der Waals surface area contributed by atoms with Crippen LogP contribution in [0.4, 0.5) is 0 Å². The number of alkyl halides is 1. The first-order valence-electron chi connectivity index (χ1n) is 4.07. The molecule has 0 radical (unpaired) electrons. The molecule has 0 bridgehead atoms. The number of hydrogen-bond acceptors (Lipinski definition) is 2. The minimum absolute atomic E-state index is 0.540. The van der Waals surface area contributed by atoms with Crippen LogP contribution >= 0.6 is 45.5 Å². The van der Waals surface area contributed by atoms with Crippen molar-refractivity contribution >= 4 is 55.6 Å². The van der Waals surface area contributed by atoms with Gasteiger partial charge in [-0.25, -0.2) is 0 Å². The number of methoxy groups -OCH3 is 1. The van der Waals surface area contributed by atoms with Gasteiger partial charge in [-0.2, -0.15) is 0 Å². The molecule has 0 spiro atoms. The van der Waals surface area contributed by atoms with Gasteiger partial charge in [-0.1, -0.05) is 6.07 Å². The zero-order chi connectivity index (χ0) is 10.1. The van der Waals surface area contributed by atoms with E-state index in [1.807, 2.05) is 12.1 Å². The number of fused-ring (bicyclic) bond motifs is 1. The van der Waals surface area contributed by atoms with Gasteiger partial charge in [0.15, 0.2) is 0 Å². The fourth-order valence-electron chi connectivity index (χ4n) is 1.44. The third kappa shape index (κ3) is 1.61. The highest BCUT2D eigenvalue weighted by Gasteiger charge is 2.12. The molecular weight excluding hydrogens is 331 g/mol. The van der Waals surface area contributed by atoms with Gasteiger partial charge in [-0.15, -0.1) is 22.9 Å². The normalized spacial score (nSPS) is 10.8. The van der Waals surface area contributed by atoms with Crippen molar-refractivity contribution in [2.75, 3.05) is 7.11 Å². The predicted octanol–water partition coefficient (Wildman–Crippen LogP) is 4.25. The van der Waals surface area contributed by atoms with Crippen LogP contribution in [0.2, 0.25) is 0 Å². The van der Waals surface area contributed by atoms with Gasteiger partial charge >= 0.3 is 0 Å². The van der Waals surface area contributed by atoms with Gasteiger partial charge in [0.1, 0.15) is 5.75 Å². The Hall–Kier alpha value is -0.000000000000000167. The molecule has 0 aliphatic heterocycles. The van der Waals surface area contributed by atoms with E-state index in [4.69, 9.17) is 16.3 Å². The summed E-state index contributed by atoms with van der Waals surface area (Å²) in [5, 5.41) is 1.17. The average Bonchev–Trinajstić information content (AvgIpc) is 2.52. The largest absolute Gasteiger partial charge is 0.496 e. The molecule has 0 N–H and O–H groups in total. The van der Waals surface area contributed by atoms with Crippen LogP contribution in [0.3, 0.4) is 0 Å². The molecule has 4 heteroatoms. The highest BCUT2D eigenvalue weighted by Crippen LogP contribution is 2.38. The third-order valence-electron chi connectivity index (χ3n) is 2.08. The van der Waals surface area contributed by atoms with Crippen molar-refractivity contribution < 1.29 is 4.74 Å². The number of halogens is 2. The second-order valence-electron chi connectivity index (χ2n) is 2.82. The second kappa shape index (κ2) is 4.24. The molecule has 0 amide bonds. The van der Waals surface area contributed by atoms with E-state index in [2.05, 4.69) is 28.7 Å². The summed E-state index contributed by atoms with van der Waals surface area (Å²) in [5.74, 6) is 1.45. The SMILES string of the molecule is COc1cccc2sc(I)c(CCl)c12. The number of benzene rings is 1. The molecule has 1 aromatic heterocycles. The molecule has 0 aliphatic rings. The monoisotopic (exact) mass is 338 g/mol. The number of thiophene rings is 1. The van der Waals surface area contributed by atoms with Crippen LogP contribution < -0.4 is 4.74 Å². The Bertz CT molecular complexity index is 466. The number of hydrogen-bond donors (Lipinski definition) is 0. The van der Waals surface area contributed by atoms with Crippen molar-refractivity contribution in [3.8, 4) is 5.75 Å². The van der Waals surface area contributed by atoms with Crippen molar-refractivity contribution in [3.05, 3.63) is 26.6 Å². The topological polar surface area (TPSA) is 9.23 Å². The van der Waals surface area contributed by atoms with Gasteiger partial charge in [0, 0.05) is 15.6 Å². The van der Waals surface area contributed by atoms with Crippen LogP contribution in [0.5, 0.6) is 5.75 Å². The molecule has 0 saturated heterocycles. The lowest BCUT2D eigenvalue weighted by Gasteiger charge is -2.02. The van der Waals surface area contributed by atoms with E-state index in [-0.39, 0.29) is 0 Å². The number of rotatable bonds is 2. The molecule has 0 aliphatic carbocycles. The fourth-order valence-corrected chi connectivity index (χ4v) is 4.15. The Kier molecular flexibility index (Phi) is 3.19. The van der Waals surface area contributed by atoms with Crippen LogP contribution in [-0.4, -0.2) is 7.11 Å². The molecular formula is C10H8ClIOS. The summed E-state index contributed by atoms with van der Waals surface area (Å²) in [6.45, 7) is 0. The quantitative estimate of drug-likeness (QED) is 0.587. The fraction of sp³-hybridized carbons (Fsp3) is 0.200. The lowest BCUT2D eigenvalue weighted by atomic mass is 10.2. The van der Waals surface area contributed by atoms with Crippen LogP contribution in [0.15, 0.2) is 18.2 Å². The van der Waals surface area contributed by atoms with Gasteiger partial charge in [-0.3, -0.25) is 0 Å². The molecule has 1 heterocycles. The van der Waals surface area contributed by atoms with E-state index in [1.165, 1.54) is 18.5 Å². The highest BCUT2D eigenvalue weighted by molar-refractivity contribution is 14.1. The van der Waals surface area contributed by atoms with Gasteiger partial charge in [0.25, 0.3) is 0 Å². The van der Waals surface area contributed by atoms with Crippen molar-refractivity contribution in [1.29, 1.82) is 0 Å². The van der Waals surface area contributed by atoms with E-state index >= 15 is 0 Å². The molecule has 1 nitrogen and oxygen atoms in total. The van der Waals surface area contributed by atoms with Gasteiger partial charge in [0.2, 0.25) is 0 Å². The first-order chi connectivity index (χ1) is 6.77. The van der Waals surface area contributed by atoms with Crippen LogP contribution in [0.25, 0.3) is 10.1 Å². The smallest absolute Gasteiger partial charge is 0.127 e. The summed E-state index contributed by atoms with van der Waals surface area (Å²) in [6, 6.07) is 6.08. The molecule has 1 aromatic carbocycles. The van der Waals surface area contributed by atoms with Crippen molar-refractivity contribution in [3.63, 3.8) is 0 Å². The van der Waals surface area contributed by atoms with Crippen molar-refractivity contribution in [2.45, 2.75) is 5.88 Å². The number of ether oxygens (including phenoxy) is 1. The van der Waals surface area contributed by atoms with Gasteiger partial charge < -0.3 is 4.74 Å². The van der Waals surface area contributed by atoms with Crippen molar-refractivity contribution in [2.24, 2.45) is 0 Å². The average molecular weight is 339 g/mol. The first-order valence-corrected chi connectivity index (χ1v) is 6.50. The van der Waals surface area contributed by atoms with E-state index in [0.29, 0.717) is 5.88 Å². The predicted molar refractivity (Wildman–Crippen MR) is 70.7 cm³/mol. The first kappa shape index (κ1) is 10.5. The zero-order valence-electron chi connectivity index (χ0n) is 7.51. The molecule has 0 saturated carbocycles. The summed E-state index contributed by atoms with van der Waals surface area (Å²) >= 11 is 10.0. The molecule has 14 heavy (non-hydrogen) atoms. The van der Waals surface area contributed by atoms with Crippen LogP contribution in [-0.2, 0) is 5.88 Å². The molecule has 0 unspecified atom stereocenters. The standard InChI is InChI=1S/C10H8ClIOS/c1-13-7-3-2-4-8-9(7)6(5-11)10(12)14-8/h2-4H,5H2,1H3. The summed E-state index contributed by atoms with van der Waals surface area (Å²) in [6.07, 6.45) is 0. The maximum Gasteiger partial charge on any atom is 0.127 e. The summed E-state index contributed by atoms with van der Waals surface area (Å²) < 4.78 is 7.82. The maximum absolute atomic E-state index is 5.93. The lowest BCUT2D eigenvalue weighted by molar-refractivity contribution is 0.419. The minimum Gasteiger partial charge on any atom is -0.496 e. The van der Waals surface area contributed by atoms with Crippen LogP contribution in [0, 0.1) is 2.88 Å². The second-order valence-corrected chi connectivity index (χ2v) is 5.95. The van der Waals surface area contributed by atoms with Crippen molar-refractivity contribution in [1.82, 2.24) is 0 Å². The molecule has 74 valence electrons. The highest BCUT2D eigenvalue weighted by atomic mass is 127. The Morgan fingerprint density at radius 2 is 2.29 bits per heavy atom. The third-order valence-corrected chi connectivity index (χ3v) is 4.64. The van der Waals surface area contributed by atoms with Gasteiger partial charge in [-0.05, 0) is 34.7 Å². The lowest BCUT2D eigenvalue weighted by Crippen LogP contribution is -1.85. The van der Waals surface area contributed by atoms with E-state index in [9.17, 15) is 0 Å². The Balaban J connectivity index is 2.82. The minimum atomic E-state index is 0.540. The Morgan fingerprint density at radius 3 is 2.93 bits per heavy atom. The van der Waals surface area contributed by atoms with E-state index in [0.717, 1.165) is 5.75 Å².